The van der Waals surface area contributed by atoms with Crippen molar-refractivity contribution in [3.8, 4) is 0 Å². The number of anilines is 1. The smallest absolute Gasteiger partial charge is 0.321 e. The summed E-state index contributed by atoms with van der Waals surface area (Å²) in [5.41, 5.74) is 1.69. The summed E-state index contributed by atoms with van der Waals surface area (Å²) < 4.78 is 0. The number of hydrogen-bond acceptors (Lipinski definition) is 3. The van der Waals surface area contributed by atoms with Gasteiger partial charge in [-0.05, 0) is 44.2 Å². The van der Waals surface area contributed by atoms with Gasteiger partial charge in [0.25, 0.3) is 0 Å². The van der Waals surface area contributed by atoms with Crippen LogP contribution < -0.4 is 5.32 Å². The number of carbonyl (C=O) groups excluding carboxylic acids is 1. The van der Waals surface area contributed by atoms with E-state index in [1.165, 1.54) is 0 Å². The number of pyridine rings is 1. The number of nitrogens with zero attached hydrogens (tertiary/aromatic N) is 2. The highest BCUT2D eigenvalue weighted by Crippen LogP contribution is 2.48. The van der Waals surface area contributed by atoms with Crippen LogP contribution in [0.15, 0.2) is 12.3 Å². The molecule has 2 amide bonds. The molecule has 0 radical (unpaired) electrons. The Morgan fingerprint density at radius 3 is 2.86 bits per heavy atom. The maximum Gasteiger partial charge on any atom is 0.321 e. The third-order valence-corrected chi connectivity index (χ3v) is 5.16. The number of hydrogen-bond donors (Lipinski definition) is 2. The summed E-state index contributed by atoms with van der Waals surface area (Å²) in [7, 11) is 0. The minimum absolute atomic E-state index is 0.0758. The van der Waals surface area contributed by atoms with Gasteiger partial charge in [0, 0.05) is 19.3 Å². The van der Waals surface area contributed by atoms with E-state index in [2.05, 4.69) is 10.3 Å². The van der Waals surface area contributed by atoms with Gasteiger partial charge in [0.15, 0.2) is 0 Å². The average molecular weight is 303 g/mol. The van der Waals surface area contributed by atoms with Crippen LogP contribution in [0.2, 0.25) is 0 Å². The van der Waals surface area contributed by atoms with Gasteiger partial charge in [0.05, 0.1) is 16.8 Å². The number of aromatic nitrogens is 1. The highest BCUT2D eigenvalue weighted by molar-refractivity contribution is 5.92. The van der Waals surface area contributed by atoms with Crippen LogP contribution in [0.1, 0.15) is 30.5 Å². The molecule has 1 aromatic rings. The van der Waals surface area contributed by atoms with Gasteiger partial charge in [-0.15, -0.1) is 0 Å². The molecule has 22 heavy (non-hydrogen) atoms. The number of urea groups is 1. The first-order valence-electron chi connectivity index (χ1n) is 7.65. The SMILES string of the molecule is Cc1ccnc(C)c1NC(=O)N1C[C@@H]2CCC[C@@]2(C(=O)O)C1. The summed E-state index contributed by atoms with van der Waals surface area (Å²) in [4.78, 5) is 30.0. The van der Waals surface area contributed by atoms with Crippen LogP contribution in [-0.2, 0) is 4.79 Å². The molecule has 1 saturated heterocycles. The lowest BCUT2D eigenvalue weighted by molar-refractivity contribution is -0.149. The minimum atomic E-state index is -0.765. The second-order valence-electron chi connectivity index (χ2n) is 6.45. The molecule has 2 fully saturated rings. The molecule has 0 spiro atoms. The Morgan fingerprint density at radius 2 is 2.23 bits per heavy atom. The largest absolute Gasteiger partial charge is 0.481 e. The number of rotatable bonds is 2. The summed E-state index contributed by atoms with van der Waals surface area (Å²) in [6.45, 7) is 4.59. The lowest BCUT2D eigenvalue weighted by Gasteiger charge is -2.23. The van der Waals surface area contributed by atoms with E-state index in [4.69, 9.17) is 0 Å². The average Bonchev–Trinajstić information content (AvgIpc) is 3.00. The summed E-state index contributed by atoms with van der Waals surface area (Å²) in [6, 6.07) is 1.62. The van der Waals surface area contributed by atoms with Crippen LogP contribution in [0.5, 0.6) is 0 Å². The Kier molecular flexibility index (Phi) is 3.54. The van der Waals surface area contributed by atoms with Crippen molar-refractivity contribution >= 4 is 17.7 Å². The quantitative estimate of drug-likeness (QED) is 0.879. The van der Waals surface area contributed by atoms with Crippen molar-refractivity contribution in [2.45, 2.75) is 33.1 Å². The molecule has 1 aliphatic heterocycles. The maximum atomic E-state index is 12.5. The number of carboxylic acids is 1. The Morgan fingerprint density at radius 1 is 1.45 bits per heavy atom. The topological polar surface area (TPSA) is 82.5 Å². The molecule has 3 rings (SSSR count). The van der Waals surface area contributed by atoms with E-state index in [0.29, 0.717) is 25.2 Å². The Bertz CT molecular complexity index is 611. The Hall–Kier alpha value is -2.11. The van der Waals surface area contributed by atoms with Crippen LogP contribution in [0.25, 0.3) is 0 Å². The fraction of sp³-hybridized carbons (Fsp3) is 0.562. The van der Waals surface area contributed by atoms with Gasteiger partial charge in [-0.3, -0.25) is 9.78 Å². The van der Waals surface area contributed by atoms with Crippen molar-refractivity contribution in [3.63, 3.8) is 0 Å². The van der Waals surface area contributed by atoms with Crippen molar-refractivity contribution in [2.75, 3.05) is 18.4 Å². The second kappa shape index (κ2) is 5.26. The van der Waals surface area contributed by atoms with Crippen molar-refractivity contribution in [1.82, 2.24) is 9.88 Å². The molecule has 0 bridgehead atoms. The standard InChI is InChI=1S/C16H21N3O3/c1-10-5-7-17-11(2)13(10)18-15(22)19-8-12-4-3-6-16(12,9-19)14(20)21/h5,7,12H,3-4,6,8-9H2,1-2H3,(H,18,22)(H,20,21)/t12-,16+/m0/s1. The first-order valence-corrected chi connectivity index (χ1v) is 7.65. The van der Waals surface area contributed by atoms with Crippen LogP contribution in [0.4, 0.5) is 10.5 Å². The molecule has 0 aromatic carbocycles. The summed E-state index contributed by atoms with van der Waals surface area (Å²) >= 11 is 0. The van der Waals surface area contributed by atoms with Crippen LogP contribution >= 0.6 is 0 Å². The molecule has 118 valence electrons. The zero-order valence-electron chi connectivity index (χ0n) is 12.9. The first-order chi connectivity index (χ1) is 10.4. The third kappa shape index (κ3) is 2.23. The molecule has 1 aliphatic carbocycles. The van der Waals surface area contributed by atoms with Gasteiger partial charge in [-0.25, -0.2) is 4.79 Å². The summed E-state index contributed by atoms with van der Waals surface area (Å²) in [5, 5.41) is 12.5. The zero-order chi connectivity index (χ0) is 15.9. The van der Waals surface area contributed by atoms with E-state index in [1.54, 1.807) is 11.1 Å². The number of fused-ring (bicyclic) bond motifs is 1. The zero-order valence-corrected chi connectivity index (χ0v) is 12.9. The molecule has 6 nitrogen and oxygen atoms in total. The molecule has 2 atom stereocenters. The van der Waals surface area contributed by atoms with Crippen LogP contribution in [0.3, 0.4) is 0 Å². The minimum Gasteiger partial charge on any atom is -0.481 e. The van der Waals surface area contributed by atoms with Gasteiger partial charge < -0.3 is 15.3 Å². The molecule has 1 aromatic heterocycles. The second-order valence-corrected chi connectivity index (χ2v) is 6.45. The van der Waals surface area contributed by atoms with E-state index >= 15 is 0 Å². The van der Waals surface area contributed by atoms with Crippen molar-refractivity contribution in [1.29, 1.82) is 0 Å². The third-order valence-electron chi connectivity index (χ3n) is 5.16. The maximum absolute atomic E-state index is 12.5. The van der Waals surface area contributed by atoms with E-state index in [0.717, 1.165) is 24.1 Å². The van der Waals surface area contributed by atoms with Gasteiger partial charge >= 0.3 is 12.0 Å². The predicted molar refractivity (Wildman–Crippen MR) is 81.7 cm³/mol. The Labute approximate surface area is 129 Å². The number of carboxylic acid groups (broad SMARTS) is 1. The van der Waals surface area contributed by atoms with E-state index in [9.17, 15) is 14.7 Å². The first kappa shape index (κ1) is 14.8. The number of amides is 2. The molecule has 2 aliphatic rings. The van der Waals surface area contributed by atoms with Crippen LogP contribution in [0, 0.1) is 25.2 Å². The number of nitrogens with one attached hydrogen (secondary N) is 1. The van der Waals surface area contributed by atoms with Gasteiger partial charge in [-0.2, -0.15) is 0 Å². The predicted octanol–water partition coefficient (Wildman–Crippen LogP) is 2.42. The Balaban J connectivity index is 1.76. The van der Waals surface area contributed by atoms with Crippen molar-refractivity contribution in [2.24, 2.45) is 11.3 Å². The number of aliphatic carboxylic acids is 1. The van der Waals surface area contributed by atoms with Gasteiger partial charge in [0.2, 0.25) is 0 Å². The summed E-state index contributed by atoms with van der Waals surface area (Å²) in [5.74, 6) is -0.689. The highest BCUT2D eigenvalue weighted by atomic mass is 16.4. The molecule has 2 heterocycles. The molecular weight excluding hydrogens is 282 g/mol. The number of carbonyl (C=O) groups is 2. The van der Waals surface area contributed by atoms with Gasteiger partial charge in [0.1, 0.15) is 0 Å². The lowest BCUT2D eigenvalue weighted by atomic mass is 9.81. The molecule has 6 heteroatoms. The van der Waals surface area contributed by atoms with Crippen molar-refractivity contribution < 1.29 is 14.7 Å². The molecule has 0 unspecified atom stereocenters. The molecule has 2 N–H and O–H groups in total. The van der Waals surface area contributed by atoms with Gasteiger partial charge in [-0.1, -0.05) is 6.42 Å². The number of aryl methyl sites for hydroxylation is 2. The fourth-order valence-corrected chi connectivity index (χ4v) is 3.86. The van der Waals surface area contributed by atoms with E-state index < -0.39 is 11.4 Å². The fourth-order valence-electron chi connectivity index (χ4n) is 3.86. The highest BCUT2D eigenvalue weighted by Gasteiger charge is 2.55. The normalized spacial score (nSPS) is 26.8. The van der Waals surface area contributed by atoms with Crippen molar-refractivity contribution in [3.05, 3.63) is 23.5 Å². The molecule has 1 saturated carbocycles. The monoisotopic (exact) mass is 303 g/mol. The summed E-state index contributed by atoms with van der Waals surface area (Å²) in [6.07, 6.45) is 4.20. The van der Waals surface area contributed by atoms with Crippen LogP contribution in [-0.4, -0.2) is 40.1 Å². The lowest BCUT2D eigenvalue weighted by Crippen LogP contribution is -2.38. The molecular formula is C16H21N3O3. The number of likely N-dealkylation sites (tertiary alicyclic amines) is 1. The van der Waals surface area contributed by atoms with E-state index in [1.807, 2.05) is 19.9 Å². The van der Waals surface area contributed by atoms with E-state index in [-0.39, 0.29) is 11.9 Å².